The van der Waals surface area contributed by atoms with Crippen molar-refractivity contribution in [2.24, 2.45) is 15.9 Å². The second-order valence-electron chi connectivity index (χ2n) is 7.70. The lowest BCUT2D eigenvalue weighted by atomic mass is 10.1. The number of hydrogen-bond acceptors (Lipinski definition) is 11. The Labute approximate surface area is 185 Å². The number of aromatic nitrogens is 2. The van der Waals surface area contributed by atoms with Gasteiger partial charge in [0.15, 0.2) is 6.23 Å². The van der Waals surface area contributed by atoms with Gasteiger partial charge in [-0.3, -0.25) is 0 Å². The Morgan fingerprint density at radius 3 is 3.00 bits per heavy atom. The van der Waals surface area contributed by atoms with Gasteiger partial charge >= 0.3 is 5.69 Å². The zero-order valence-electron chi connectivity index (χ0n) is 18.4. The highest BCUT2D eigenvalue weighted by Gasteiger charge is 2.45. The first kappa shape index (κ1) is 24.2. The SMILES string of the molecule is CCOCC=NOCCCCN(C)C[C@H]1O[C@@H](n2c3c([nH]c2=O)C(N)=NCN3)[C@H](O)[C@@H]1O. The fraction of sp³-hybridized carbons (Fsp3) is 0.737. The Balaban J connectivity index is 1.47. The van der Waals surface area contributed by atoms with Crippen molar-refractivity contribution < 1.29 is 24.5 Å². The standard InChI is InChI=1S/C19H33N7O6/c1-3-30-9-6-23-31-8-5-4-7-25(2)10-12-14(27)15(28)18(32-12)26-17-13(24-19(26)29)16(20)21-11-22-17/h6,12,14-15,18,22,27-28H,3-5,7-11H2,1-2H3,(H2,20,21)(H,24,29)/t12-,14-,15-,18-/m1/s1. The van der Waals surface area contributed by atoms with Crippen molar-refractivity contribution in [2.75, 3.05) is 51.9 Å². The highest BCUT2D eigenvalue weighted by Crippen LogP contribution is 2.32. The number of aliphatic hydroxyl groups is 2. The number of oxime groups is 1. The first-order chi connectivity index (χ1) is 15.4. The summed E-state index contributed by atoms with van der Waals surface area (Å²) in [5, 5.41) is 27.8. The van der Waals surface area contributed by atoms with Gasteiger partial charge in [-0.2, -0.15) is 0 Å². The smallest absolute Gasteiger partial charge is 0.329 e. The van der Waals surface area contributed by atoms with Gasteiger partial charge in [-0.25, -0.2) is 14.4 Å². The van der Waals surface area contributed by atoms with Gasteiger partial charge in [-0.05, 0) is 33.4 Å². The molecule has 1 aromatic rings. The van der Waals surface area contributed by atoms with E-state index in [0.29, 0.717) is 37.9 Å². The largest absolute Gasteiger partial charge is 0.396 e. The van der Waals surface area contributed by atoms with Gasteiger partial charge in [0, 0.05) is 13.2 Å². The number of nitrogens with one attached hydrogen (secondary N) is 2. The van der Waals surface area contributed by atoms with E-state index in [1.807, 2.05) is 18.9 Å². The van der Waals surface area contributed by atoms with Gasteiger partial charge in [0.25, 0.3) is 0 Å². The predicted octanol–water partition coefficient (Wildman–Crippen LogP) is -1.37. The number of nitrogens with two attached hydrogens (primary N) is 1. The molecule has 1 fully saturated rings. The number of ether oxygens (including phenoxy) is 2. The first-order valence-corrected chi connectivity index (χ1v) is 10.7. The third kappa shape index (κ3) is 5.66. The molecule has 13 heteroatoms. The van der Waals surface area contributed by atoms with Crippen molar-refractivity contribution in [1.82, 2.24) is 14.5 Å². The molecule has 4 atom stereocenters. The summed E-state index contributed by atoms with van der Waals surface area (Å²) in [5.74, 6) is 0.583. The number of nitrogens with zero attached hydrogens (tertiary/aromatic N) is 4. The minimum atomic E-state index is -1.27. The van der Waals surface area contributed by atoms with Crippen LogP contribution in [0.3, 0.4) is 0 Å². The summed E-state index contributed by atoms with van der Waals surface area (Å²) in [6.07, 6.45) is -0.855. The van der Waals surface area contributed by atoms with Crippen LogP contribution in [0.15, 0.2) is 14.9 Å². The molecule has 0 unspecified atom stereocenters. The quantitative estimate of drug-likeness (QED) is 0.145. The summed E-state index contributed by atoms with van der Waals surface area (Å²) < 4.78 is 12.3. The fourth-order valence-corrected chi connectivity index (χ4v) is 3.68. The second-order valence-corrected chi connectivity index (χ2v) is 7.70. The number of H-pyrrole nitrogens is 1. The number of rotatable bonds is 12. The van der Waals surface area contributed by atoms with E-state index in [-0.39, 0.29) is 12.5 Å². The number of amidine groups is 1. The van der Waals surface area contributed by atoms with Crippen LogP contribution in [0.1, 0.15) is 31.7 Å². The molecule has 1 aromatic heterocycles. The van der Waals surface area contributed by atoms with E-state index in [1.54, 1.807) is 6.21 Å². The summed E-state index contributed by atoms with van der Waals surface area (Å²) in [6.45, 7) is 4.83. The summed E-state index contributed by atoms with van der Waals surface area (Å²) >= 11 is 0. The number of aliphatic hydroxyl groups excluding tert-OH is 2. The summed E-state index contributed by atoms with van der Waals surface area (Å²) in [5.41, 5.74) is 5.67. The van der Waals surface area contributed by atoms with Crippen LogP contribution in [0.2, 0.25) is 0 Å². The number of likely N-dealkylation sites (N-methyl/N-ethyl adjacent to an activating group) is 1. The molecule has 0 bridgehead atoms. The summed E-state index contributed by atoms with van der Waals surface area (Å²) in [6, 6.07) is 0. The van der Waals surface area contributed by atoms with E-state index >= 15 is 0 Å². The monoisotopic (exact) mass is 455 g/mol. The summed E-state index contributed by atoms with van der Waals surface area (Å²) in [7, 11) is 1.90. The molecule has 0 amide bonds. The van der Waals surface area contributed by atoms with Gasteiger partial charge in [0.05, 0.1) is 12.8 Å². The molecule has 0 spiro atoms. The predicted molar refractivity (Wildman–Crippen MR) is 118 cm³/mol. The van der Waals surface area contributed by atoms with Crippen molar-refractivity contribution in [3.63, 3.8) is 0 Å². The molecule has 0 saturated carbocycles. The zero-order chi connectivity index (χ0) is 23.1. The van der Waals surface area contributed by atoms with Crippen molar-refractivity contribution in [1.29, 1.82) is 0 Å². The topological polar surface area (TPSA) is 172 Å². The number of hydrogen-bond donors (Lipinski definition) is 5. The first-order valence-electron chi connectivity index (χ1n) is 10.7. The van der Waals surface area contributed by atoms with Crippen molar-refractivity contribution >= 4 is 17.9 Å². The minimum Gasteiger partial charge on any atom is -0.396 e. The van der Waals surface area contributed by atoms with Crippen LogP contribution in [-0.4, -0.2) is 102 Å². The Morgan fingerprint density at radius 2 is 2.22 bits per heavy atom. The summed E-state index contributed by atoms with van der Waals surface area (Å²) in [4.78, 5) is 26.3. The number of aliphatic imine (C=N–C) groups is 1. The van der Waals surface area contributed by atoms with Gasteiger partial charge in [0.1, 0.15) is 48.9 Å². The van der Waals surface area contributed by atoms with Gasteiger partial charge < -0.3 is 45.5 Å². The van der Waals surface area contributed by atoms with Crippen LogP contribution in [0.4, 0.5) is 5.82 Å². The second kappa shape index (κ2) is 11.4. The normalized spacial score (nSPS) is 25.2. The molecular weight excluding hydrogens is 422 g/mol. The molecule has 0 aromatic carbocycles. The molecule has 2 aliphatic rings. The molecule has 1 saturated heterocycles. The van der Waals surface area contributed by atoms with Gasteiger partial charge in [0.2, 0.25) is 0 Å². The van der Waals surface area contributed by atoms with E-state index < -0.39 is 30.2 Å². The maximum atomic E-state index is 12.5. The Hall–Kier alpha value is -2.45. The average Bonchev–Trinajstić information content (AvgIpc) is 3.24. The molecule has 6 N–H and O–H groups in total. The molecule has 0 aliphatic carbocycles. The van der Waals surface area contributed by atoms with Crippen LogP contribution in [-0.2, 0) is 14.3 Å². The van der Waals surface area contributed by atoms with Crippen LogP contribution in [0.25, 0.3) is 0 Å². The molecule has 0 radical (unpaired) electrons. The van der Waals surface area contributed by atoms with Gasteiger partial charge in [-0.1, -0.05) is 5.16 Å². The van der Waals surface area contributed by atoms with E-state index in [1.165, 1.54) is 4.57 Å². The third-order valence-corrected chi connectivity index (χ3v) is 5.33. The van der Waals surface area contributed by atoms with E-state index in [4.69, 9.17) is 20.0 Å². The number of fused-ring (bicyclic) bond motifs is 1. The highest BCUT2D eigenvalue weighted by atomic mass is 16.6. The number of anilines is 1. The number of aromatic amines is 1. The number of unbranched alkanes of at least 4 members (excludes halogenated alkanes) is 1. The highest BCUT2D eigenvalue weighted by molar-refractivity contribution is 6.01. The average molecular weight is 456 g/mol. The molecule has 13 nitrogen and oxygen atoms in total. The molecule has 3 rings (SSSR count). The van der Waals surface area contributed by atoms with Crippen molar-refractivity contribution in [3.05, 3.63) is 16.2 Å². The Kier molecular flexibility index (Phi) is 8.64. The van der Waals surface area contributed by atoms with Gasteiger partial charge in [-0.15, -0.1) is 0 Å². The molecule has 2 aliphatic heterocycles. The lowest BCUT2D eigenvalue weighted by Gasteiger charge is -2.23. The van der Waals surface area contributed by atoms with Crippen molar-refractivity contribution in [2.45, 2.75) is 44.3 Å². The van der Waals surface area contributed by atoms with E-state index in [0.717, 1.165) is 19.4 Å². The molecular formula is C19H33N7O6. The number of imidazole rings is 1. The molecule has 32 heavy (non-hydrogen) atoms. The van der Waals surface area contributed by atoms with Crippen LogP contribution >= 0.6 is 0 Å². The maximum Gasteiger partial charge on any atom is 0.329 e. The van der Waals surface area contributed by atoms with E-state index in [9.17, 15) is 15.0 Å². The Bertz CT molecular complexity index is 854. The zero-order valence-corrected chi connectivity index (χ0v) is 18.4. The molecule has 3 heterocycles. The lowest BCUT2D eigenvalue weighted by Crippen LogP contribution is -2.39. The Morgan fingerprint density at radius 1 is 1.41 bits per heavy atom. The lowest BCUT2D eigenvalue weighted by molar-refractivity contribution is -0.0447. The van der Waals surface area contributed by atoms with Crippen LogP contribution < -0.4 is 16.7 Å². The van der Waals surface area contributed by atoms with E-state index in [2.05, 4.69) is 20.4 Å². The maximum absolute atomic E-state index is 12.5. The molecule has 180 valence electrons. The third-order valence-electron chi connectivity index (χ3n) is 5.33. The van der Waals surface area contributed by atoms with Crippen molar-refractivity contribution in [3.8, 4) is 0 Å². The minimum absolute atomic E-state index is 0.197. The fourth-order valence-electron chi connectivity index (χ4n) is 3.68. The van der Waals surface area contributed by atoms with Crippen LogP contribution in [0, 0.1) is 0 Å². The van der Waals surface area contributed by atoms with Crippen LogP contribution in [0.5, 0.6) is 0 Å².